The molecule has 0 aliphatic carbocycles. The molecular formula is C29H39N3O6. The first-order valence-electron chi connectivity index (χ1n) is 13.2. The lowest BCUT2D eigenvalue weighted by Gasteiger charge is -2.29. The second-order valence-electron chi connectivity index (χ2n) is 10.4. The Morgan fingerprint density at radius 2 is 2.00 bits per heavy atom. The van der Waals surface area contributed by atoms with Gasteiger partial charge in [-0.1, -0.05) is 62.8 Å². The molecule has 4 atom stereocenters. The van der Waals surface area contributed by atoms with E-state index in [1.807, 2.05) is 33.8 Å². The van der Waals surface area contributed by atoms with Crippen LogP contribution >= 0.6 is 0 Å². The van der Waals surface area contributed by atoms with Crippen LogP contribution in [0.5, 0.6) is 0 Å². The molecule has 3 rings (SSSR count). The van der Waals surface area contributed by atoms with Crippen molar-refractivity contribution in [3.05, 3.63) is 66.0 Å². The summed E-state index contributed by atoms with van der Waals surface area (Å²) in [6, 6.07) is -0.730. The van der Waals surface area contributed by atoms with Gasteiger partial charge in [-0.15, -0.1) is 0 Å². The highest BCUT2D eigenvalue weighted by molar-refractivity contribution is 5.93. The van der Waals surface area contributed by atoms with E-state index in [0.717, 1.165) is 11.1 Å². The molecule has 2 bridgehead atoms. The molecule has 2 aliphatic rings. The van der Waals surface area contributed by atoms with Gasteiger partial charge in [0.25, 0.3) is 5.89 Å². The highest BCUT2D eigenvalue weighted by atomic mass is 16.5. The highest BCUT2D eigenvalue weighted by Crippen LogP contribution is 2.25. The fraction of sp³-hybridized carbons (Fsp3) is 0.517. The van der Waals surface area contributed by atoms with Crippen LogP contribution in [0.1, 0.15) is 63.4 Å². The molecule has 2 amide bonds. The van der Waals surface area contributed by atoms with E-state index in [-0.39, 0.29) is 23.6 Å². The average molecular weight is 526 g/mol. The summed E-state index contributed by atoms with van der Waals surface area (Å²) in [6.45, 7) is 12.4. The minimum atomic E-state index is -0.748. The number of cyclic esters (lactones) is 1. The largest absolute Gasteiger partial charge is 0.460 e. The van der Waals surface area contributed by atoms with Gasteiger partial charge >= 0.3 is 11.9 Å². The van der Waals surface area contributed by atoms with Crippen molar-refractivity contribution in [1.82, 2.24) is 15.2 Å². The maximum Gasteiger partial charge on any atom is 0.329 e. The molecule has 1 aromatic heterocycles. The van der Waals surface area contributed by atoms with Crippen LogP contribution in [0.2, 0.25) is 0 Å². The van der Waals surface area contributed by atoms with Gasteiger partial charge in [-0.25, -0.2) is 9.78 Å². The second kappa shape index (κ2) is 13.4. The normalized spacial score (nSPS) is 29.7. The van der Waals surface area contributed by atoms with Crippen molar-refractivity contribution >= 4 is 17.8 Å². The zero-order chi connectivity index (χ0) is 27.8. The molecule has 9 heteroatoms. The zero-order valence-corrected chi connectivity index (χ0v) is 22.7. The summed E-state index contributed by atoms with van der Waals surface area (Å²) in [5, 5.41) is 13.2. The number of nitrogens with one attached hydrogen (secondary N) is 1. The van der Waals surface area contributed by atoms with Crippen molar-refractivity contribution in [3.8, 4) is 0 Å². The van der Waals surface area contributed by atoms with Crippen LogP contribution in [0.4, 0.5) is 0 Å². The number of amides is 2. The van der Waals surface area contributed by atoms with E-state index >= 15 is 0 Å². The van der Waals surface area contributed by atoms with Gasteiger partial charge in [-0.05, 0) is 38.2 Å². The van der Waals surface area contributed by atoms with Crippen LogP contribution in [0.25, 0.3) is 0 Å². The summed E-state index contributed by atoms with van der Waals surface area (Å²) in [4.78, 5) is 44.3. The molecule has 1 aromatic rings. The number of aliphatic hydroxyl groups excluding tert-OH is 1. The summed E-state index contributed by atoms with van der Waals surface area (Å²) in [6.07, 6.45) is 10.6. The quantitative estimate of drug-likeness (QED) is 0.425. The number of aromatic nitrogens is 1. The topological polar surface area (TPSA) is 122 Å². The number of allylic oxidation sites excluding steroid dienone is 2. The Balaban J connectivity index is 1.85. The first-order valence-corrected chi connectivity index (χ1v) is 13.2. The summed E-state index contributed by atoms with van der Waals surface area (Å²) >= 11 is 0. The van der Waals surface area contributed by atoms with E-state index in [9.17, 15) is 19.5 Å². The van der Waals surface area contributed by atoms with Crippen LogP contribution in [-0.4, -0.2) is 64.1 Å². The number of carbonyl (C=O) groups is 3. The standard InChI is InChI=1S/C29H39N3O6/c1-18(2)26-21(5)10-11-25(34)30-12-6-8-19(3)14-22(33)15-20(4)16-23-17-31-27(37-23)28(35)32-13-7-9-24(32)29(36)38-26/h6,8,10-11,14,17-18,21-22,24,26,33H,4,7,9,12-13,15-16H2,1-3,5H3,(H,30,34)/b8-6+,11-10+,19-14+/t21-,22-,24-,26-/m1/s1. The molecule has 206 valence electrons. The SMILES string of the molecule is C=C1Cc2cnc(o2)C(=O)N2CCC[C@@H]2C(=O)O[C@H](C(C)C)[C@H](C)/C=C/C(=O)NC/C=C/C(C)=C/[C@@H](O)C1. The van der Waals surface area contributed by atoms with Gasteiger partial charge in [0.1, 0.15) is 17.9 Å². The predicted octanol–water partition coefficient (Wildman–Crippen LogP) is 3.52. The first-order chi connectivity index (χ1) is 18.0. The van der Waals surface area contributed by atoms with Crippen LogP contribution in [0.3, 0.4) is 0 Å². The lowest BCUT2D eigenvalue weighted by atomic mass is 9.94. The molecule has 0 unspecified atom stereocenters. The number of carbonyl (C=O) groups excluding carboxylic acids is 3. The number of hydrogen-bond donors (Lipinski definition) is 2. The van der Waals surface area contributed by atoms with Gasteiger partial charge in [-0.2, -0.15) is 0 Å². The van der Waals surface area contributed by atoms with Crippen LogP contribution in [0, 0.1) is 11.8 Å². The number of ether oxygens (including phenoxy) is 1. The second-order valence-corrected chi connectivity index (χ2v) is 10.4. The summed E-state index contributed by atoms with van der Waals surface area (Å²) in [7, 11) is 0. The maximum absolute atomic E-state index is 13.2. The summed E-state index contributed by atoms with van der Waals surface area (Å²) < 4.78 is 11.6. The molecule has 2 aliphatic heterocycles. The lowest BCUT2D eigenvalue weighted by Crippen LogP contribution is -2.44. The van der Waals surface area contributed by atoms with Gasteiger partial charge in [-0.3, -0.25) is 9.59 Å². The maximum atomic E-state index is 13.2. The predicted molar refractivity (Wildman–Crippen MR) is 143 cm³/mol. The van der Waals surface area contributed by atoms with E-state index in [4.69, 9.17) is 9.15 Å². The minimum absolute atomic E-state index is 0.00265. The Morgan fingerprint density at radius 3 is 2.74 bits per heavy atom. The number of fused-ring (bicyclic) bond motifs is 3. The monoisotopic (exact) mass is 525 g/mol. The number of hydrogen-bond acceptors (Lipinski definition) is 7. The Labute approximate surface area is 224 Å². The summed E-state index contributed by atoms with van der Waals surface area (Å²) in [5.41, 5.74) is 1.56. The van der Waals surface area contributed by atoms with Crippen molar-refractivity contribution in [1.29, 1.82) is 0 Å². The number of aliphatic hydroxyl groups is 1. The van der Waals surface area contributed by atoms with Crippen molar-refractivity contribution in [2.45, 2.75) is 71.6 Å². The van der Waals surface area contributed by atoms with E-state index in [2.05, 4.69) is 16.9 Å². The zero-order valence-electron chi connectivity index (χ0n) is 22.7. The van der Waals surface area contributed by atoms with Crippen LogP contribution in [0.15, 0.2) is 58.7 Å². The minimum Gasteiger partial charge on any atom is -0.460 e. The van der Waals surface area contributed by atoms with Gasteiger partial charge in [0.2, 0.25) is 5.91 Å². The molecule has 0 radical (unpaired) electrons. The third-order valence-electron chi connectivity index (χ3n) is 6.65. The molecule has 1 fully saturated rings. The molecule has 1 saturated heterocycles. The number of nitrogens with zero attached hydrogens (tertiary/aromatic N) is 2. The van der Waals surface area contributed by atoms with E-state index in [0.29, 0.717) is 44.5 Å². The molecule has 0 spiro atoms. The number of oxazole rings is 1. The molecule has 9 nitrogen and oxygen atoms in total. The lowest BCUT2D eigenvalue weighted by molar-refractivity contribution is -0.158. The Kier molecular flexibility index (Phi) is 10.2. The third-order valence-corrected chi connectivity index (χ3v) is 6.65. The molecular weight excluding hydrogens is 486 g/mol. The van der Waals surface area contributed by atoms with Gasteiger partial charge in [0.05, 0.1) is 12.3 Å². The Hall–Kier alpha value is -3.46. The Morgan fingerprint density at radius 1 is 1.24 bits per heavy atom. The van der Waals surface area contributed by atoms with Crippen molar-refractivity contribution < 1.29 is 28.6 Å². The fourth-order valence-electron chi connectivity index (χ4n) is 4.77. The Bertz CT molecular complexity index is 1120. The van der Waals surface area contributed by atoms with Gasteiger partial charge in [0, 0.05) is 25.4 Å². The average Bonchev–Trinajstić information content (AvgIpc) is 3.52. The molecule has 0 aromatic carbocycles. The fourth-order valence-corrected chi connectivity index (χ4v) is 4.77. The first kappa shape index (κ1) is 29.1. The third kappa shape index (κ3) is 8.02. The van der Waals surface area contributed by atoms with Crippen molar-refractivity contribution in [2.24, 2.45) is 11.8 Å². The van der Waals surface area contributed by atoms with Gasteiger partial charge < -0.3 is 24.5 Å². The highest BCUT2D eigenvalue weighted by Gasteiger charge is 2.39. The molecule has 2 N–H and O–H groups in total. The van der Waals surface area contributed by atoms with Crippen LogP contribution in [-0.2, 0) is 20.7 Å². The number of rotatable bonds is 1. The smallest absolute Gasteiger partial charge is 0.329 e. The van der Waals surface area contributed by atoms with E-state index in [1.165, 1.54) is 17.2 Å². The van der Waals surface area contributed by atoms with Crippen LogP contribution < -0.4 is 5.32 Å². The summed E-state index contributed by atoms with van der Waals surface area (Å²) in [5.74, 6) is -1.05. The van der Waals surface area contributed by atoms with Gasteiger partial charge in [0.15, 0.2) is 0 Å². The molecule has 3 heterocycles. The van der Waals surface area contributed by atoms with Crippen molar-refractivity contribution in [2.75, 3.05) is 13.1 Å². The van der Waals surface area contributed by atoms with E-state index in [1.54, 1.807) is 18.2 Å². The van der Waals surface area contributed by atoms with Crippen molar-refractivity contribution in [3.63, 3.8) is 0 Å². The number of esters is 1. The molecule has 38 heavy (non-hydrogen) atoms. The van der Waals surface area contributed by atoms with E-state index < -0.39 is 30.1 Å². The molecule has 0 saturated carbocycles.